The van der Waals surface area contributed by atoms with Crippen molar-refractivity contribution in [1.82, 2.24) is 19.4 Å². The lowest BCUT2D eigenvalue weighted by atomic mass is 10.1. The lowest BCUT2D eigenvalue weighted by Crippen LogP contribution is -2.49. The number of amides is 1. The SMILES string of the molecule is Cc1nc(CN2C(=O)c3cccn3[C@@H]3CN(Cc4ccoc4)C[C@@H]32)cs1. The summed E-state index contributed by atoms with van der Waals surface area (Å²) in [6.45, 7) is 5.22. The zero-order valence-electron chi connectivity index (χ0n) is 14.5. The first-order chi connectivity index (χ1) is 12.7. The van der Waals surface area contributed by atoms with Gasteiger partial charge < -0.3 is 13.9 Å². The van der Waals surface area contributed by atoms with Crippen molar-refractivity contribution in [3.8, 4) is 0 Å². The molecule has 2 aliphatic rings. The monoisotopic (exact) mass is 368 g/mol. The molecule has 6 nitrogen and oxygen atoms in total. The molecule has 1 saturated heterocycles. The van der Waals surface area contributed by atoms with Gasteiger partial charge >= 0.3 is 0 Å². The average molecular weight is 368 g/mol. The lowest BCUT2D eigenvalue weighted by Gasteiger charge is -2.38. The molecule has 7 heteroatoms. The minimum absolute atomic E-state index is 0.104. The molecule has 5 rings (SSSR count). The number of nitrogens with zero attached hydrogens (tertiary/aromatic N) is 4. The Morgan fingerprint density at radius 2 is 2.15 bits per heavy atom. The Balaban J connectivity index is 1.45. The van der Waals surface area contributed by atoms with Crippen LogP contribution in [0.5, 0.6) is 0 Å². The number of likely N-dealkylation sites (tertiary alicyclic amines) is 1. The van der Waals surface area contributed by atoms with E-state index in [0.29, 0.717) is 6.54 Å². The maximum absolute atomic E-state index is 13.1. The van der Waals surface area contributed by atoms with Crippen molar-refractivity contribution in [1.29, 1.82) is 0 Å². The number of carbonyl (C=O) groups excluding carboxylic acids is 1. The van der Waals surface area contributed by atoms with Crippen LogP contribution < -0.4 is 0 Å². The van der Waals surface area contributed by atoms with Gasteiger partial charge in [0, 0.05) is 36.8 Å². The largest absolute Gasteiger partial charge is 0.472 e. The zero-order chi connectivity index (χ0) is 17.7. The van der Waals surface area contributed by atoms with Gasteiger partial charge in [0.2, 0.25) is 0 Å². The van der Waals surface area contributed by atoms with E-state index in [1.165, 1.54) is 5.56 Å². The van der Waals surface area contributed by atoms with Gasteiger partial charge in [0.15, 0.2) is 0 Å². The van der Waals surface area contributed by atoms with Crippen LogP contribution in [0.4, 0.5) is 0 Å². The summed E-state index contributed by atoms with van der Waals surface area (Å²) in [6, 6.07) is 6.35. The van der Waals surface area contributed by atoms with Crippen LogP contribution in [0.1, 0.15) is 32.8 Å². The predicted molar refractivity (Wildman–Crippen MR) is 98.0 cm³/mol. The van der Waals surface area contributed by atoms with Crippen molar-refractivity contribution in [2.75, 3.05) is 13.1 Å². The third-order valence-corrected chi connectivity index (χ3v) is 6.16. The van der Waals surface area contributed by atoms with Gasteiger partial charge in [-0.2, -0.15) is 0 Å². The average Bonchev–Trinajstić information content (AvgIpc) is 3.39. The number of carbonyl (C=O) groups is 1. The maximum Gasteiger partial charge on any atom is 0.271 e. The highest BCUT2D eigenvalue weighted by Crippen LogP contribution is 2.35. The molecular weight excluding hydrogens is 348 g/mol. The van der Waals surface area contributed by atoms with Gasteiger partial charge in [-0.05, 0) is 25.1 Å². The number of furan rings is 1. The molecule has 1 amide bonds. The van der Waals surface area contributed by atoms with Gasteiger partial charge in [0.1, 0.15) is 5.69 Å². The minimum Gasteiger partial charge on any atom is -0.472 e. The van der Waals surface area contributed by atoms with Crippen molar-refractivity contribution in [3.63, 3.8) is 0 Å². The number of fused-ring (bicyclic) bond motifs is 3. The summed E-state index contributed by atoms with van der Waals surface area (Å²) >= 11 is 1.63. The first-order valence-electron chi connectivity index (χ1n) is 8.81. The molecule has 0 unspecified atom stereocenters. The fourth-order valence-corrected chi connectivity index (χ4v) is 4.81. The highest BCUT2D eigenvalue weighted by molar-refractivity contribution is 7.09. The predicted octanol–water partition coefficient (Wildman–Crippen LogP) is 2.93. The summed E-state index contributed by atoms with van der Waals surface area (Å²) in [6.07, 6.45) is 5.55. The molecule has 26 heavy (non-hydrogen) atoms. The van der Waals surface area contributed by atoms with Crippen LogP contribution in [0.2, 0.25) is 0 Å². The summed E-state index contributed by atoms with van der Waals surface area (Å²) in [5, 5.41) is 3.10. The molecule has 0 spiro atoms. The van der Waals surface area contributed by atoms with Crippen molar-refractivity contribution in [3.05, 3.63) is 64.3 Å². The number of rotatable bonds is 4. The maximum atomic E-state index is 13.1. The number of aryl methyl sites for hydroxylation is 1. The number of aromatic nitrogens is 2. The molecular formula is C19H20N4O2S. The second-order valence-electron chi connectivity index (χ2n) is 7.05. The lowest BCUT2D eigenvalue weighted by molar-refractivity contribution is 0.0553. The Bertz CT molecular complexity index is 929. The Morgan fingerprint density at radius 1 is 1.27 bits per heavy atom. The van der Waals surface area contributed by atoms with E-state index in [-0.39, 0.29) is 18.0 Å². The van der Waals surface area contributed by atoms with Crippen molar-refractivity contribution in [2.45, 2.75) is 32.1 Å². The third kappa shape index (κ3) is 2.59. The van der Waals surface area contributed by atoms with E-state index in [0.717, 1.165) is 36.0 Å². The van der Waals surface area contributed by atoms with Gasteiger partial charge in [-0.3, -0.25) is 9.69 Å². The van der Waals surface area contributed by atoms with Crippen LogP contribution in [0.3, 0.4) is 0 Å². The summed E-state index contributed by atoms with van der Waals surface area (Å²) in [4.78, 5) is 22.1. The van der Waals surface area contributed by atoms with Crippen LogP contribution in [0.15, 0.2) is 46.7 Å². The van der Waals surface area contributed by atoms with Gasteiger partial charge in [0.25, 0.3) is 5.91 Å². The molecule has 134 valence electrons. The van der Waals surface area contributed by atoms with Crippen molar-refractivity contribution < 1.29 is 9.21 Å². The smallest absolute Gasteiger partial charge is 0.271 e. The molecule has 3 aromatic rings. The number of thiazole rings is 1. The topological polar surface area (TPSA) is 54.5 Å². The van der Waals surface area contributed by atoms with E-state index < -0.39 is 0 Å². The molecule has 5 heterocycles. The number of hydrogen-bond donors (Lipinski definition) is 0. The van der Waals surface area contributed by atoms with Crippen LogP contribution in [-0.2, 0) is 13.1 Å². The molecule has 0 radical (unpaired) electrons. The summed E-state index contributed by atoms with van der Waals surface area (Å²) in [5.74, 6) is 0.104. The third-order valence-electron chi connectivity index (χ3n) is 5.34. The quantitative estimate of drug-likeness (QED) is 0.711. The van der Waals surface area contributed by atoms with E-state index in [1.807, 2.05) is 36.2 Å². The normalized spacial score (nSPS) is 22.7. The highest BCUT2D eigenvalue weighted by atomic mass is 32.1. The van der Waals surface area contributed by atoms with Gasteiger partial charge in [-0.15, -0.1) is 11.3 Å². The second kappa shape index (κ2) is 6.10. The fourth-order valence-electron chi connectivity index (χ4n) is 4.20. The van der Waals surface area contributed by atoms with E-state index in [1.54, 1.807) is 23.9 Å². The second-order valence-corrected chi connectivity index (χ2v) is 8.11. The molecule has 0 saturated carbocycles. The van der Waals surface area contributed by atoms with Crippen LogP contribution >= 0.6 is 11.3 Å². The van der Waals surface area contributed by atoms with Gasteiger partial charge in [0.05, 0.1) is 41.9 Å². The first kappa shape index (κ1) is 15.8. The van der Waals surface area contributed by atoms with Crippen LogP contribution in [0, 0.1) is 6.92 Å². The Hall–Kier alpha value is -2.38. The fraction of sp³-hybridized carbons (Fsp3) is 0.368. The van der Waals surface area contributed by atoms with Gasteiger partial charge in [-0.1, -0.05) is 0 Å². The molecule has 2 aliphatic heterocycles. The molecule has 2 atom stereocenters. The Kier molecular flexibility index (Phi) is 3.72. The highest BCUT2D eigenvalue weighted by Gasteiger charge is 2.45. The van der Waals surface area contributed by atoms with E-state index in [9.17, 15) is 4.79 Å². The molecule has 0 bridgehead atoms. The number of hydrogen-bond acceptors (Lipinski definition) is 5. The first-order valence-corrected chi connectivity index (χ1v) is 9.69. The molecule has 0 aliphatic carbocycles. The van der Waals surface area contributed by atoms with E-state index in [4.69, 9.17) is 4.42 Å². The molecule has 0 N–H and O–H groups in total. The summed E-state index contributed by atoms with van der Waals surface area (Å²) in [5.41, 5.74) is 2.93. The van der Waals surface area contributed by atoms with Crippen LogP contribution in [0.25, 0.3) is 0 Å². The van der Waals surface area contributed by atoms with E-state index >= 15 is 0 Å². The van der Waals surface area contributed by atoms with Crippen molar-refractivity contribution >= 4 is 17.2 Å². The van der Waals surface area contributed by atoms with E-state index in [2.05, 4.69) is 19.8 Å². The molecule has 0 aromatic carbocycles. The molecule has 3 aromatic heterocycles. The molecule has 1 fully saturated rings. The minimum atomic E-state index is 0.104. The zero-order valence-corrected chi connectivity index (χ0v) is 15.4. The Labute approximate surface area is 155 Å². The Morgan fingerprint density at radius 3 is 2.92 bits per heavy atom. The summed E-state index contributed by atoms with van der Waals surface area (Å²) < 4.78 is 7.36. The standard InChI is InChI=1S/C19H20N4O2S/c1-13-20-15(12-26-13)8-23-18-10-21(7-14-4-6-25-11-14)9-17(18)22-5-2-3-16(22)19(23)24/h2-6,11-12,17-18H,7-10H2,1H3/t17-,18+/m1/s1. The summed E-state index contributed by atoms with van der Waals surface area (Å²) in [7, 11) is 0. The van der Waals surface area contributed by atoms with Gasteiger partial charge in [-0.25, -0.2) is 4.98 Å². The van der Waals surface area contributed by atoms with Crippen LogP contribution in [-0.4, -0.2) is 44.4 Å². The van der Waals surface area contributed by atoms with Crippen molar-refractivity contribution in [2.24, 2.45) is 0 Å².